The Morgan fingerprint density at radius 2 is 2.11 bits per heavy atom. The lowest BCUT2D eigenvalue weighted by molar-refractivity contribution is 0.0943. The quantitative estimate of drug-likeness (QED) is 0.823. The molecule has 0 bridgehead atoms. The van der Waals surface area contributed by atoms with Crippen molar-refractivity contribution in [3.05, 3.63) is 29.3 Å². The summed E-state index contributed by atoms with van der Waals surface area (Å²) in [5.74, 6) is 0.0492. The highest BCUT2D eigenvalue weighted by Gasteiger charge is 2.41. The van der Waals surface area contributed by atoms with Crippen molar-refractivity contribution < 1.29 is 4.79 Å². The first kappa shape index (κ1) is 13.9. The first-order valence-electron chi connectivity index (χ1n) is 7.17. The van der Waals surface area contributed by atoms with Gasteiger partial charge in [0.1, 0.15) is 0 Å². The Labute approximate surface area is 115 Å². The number of carbonyl (C=O) groups is 1. The SMILES string of the molecule is CCCC1(CNC(=O)c2ccc(NC)c(C)c2)CC1. The molecule has 0 radical (unpaired) electrons. The highest BCUT2D eigenvalue weighted by Crippen LogP contribution is 2.48. The van der Waals surface area contributed by atoms with E-state index in [1.807, 2.05) is 32.2 Å². The molecule has 1 amide bonds. The second-order valence-electron chi connectivity index (χ2n) is 5.71. The van der Waals surface area contributed by atoms with Gasteiger partial charge < -0.3 is 10.6 Å². The molecule has 0 saturated heterocycles. The van der Waals surface area contributed by atoms with Gasteiger partial charge in [0.05, 0.1) is 0 Å². The van der Waals surface area contributed by atoms with Crippen LogP contribution in [0.1, 0.15) is 48.5 Å². The molecule has 1 aromatic rings. The third-order valence-corrected chi connectivity index (χ3v) is 4.12. The number of rotatable bonds is 6. The third-order valence-electron chi connectivity index (χ3n) is 4.12. The predicted molar refractivity (Wildman–Crippen MR) is 79.6 cm³/mol. The molecule has 2 N–H and O–H groups in total. The fourth-order valence-electron chi connectivity index (χ4n) is 2.68. The van der Waals surface area contributed by atoms with E-state index >= 15 is 0 Å². The molecular formula is C16H24N2O. The molecule has 3 heteroatoms. The van der Waals surface area contributed by atoms with Crippen LogP contribution < -0.4 is 10.6 Å². The zero-order valence-corrected chi connectivity index (χ0v) is 12.2. The van der Waals surface area contributed by atoms with E-state index in [9.17, 15) is 4.79 Å². The van der Waals surface area contributed by atoms with Crippen LogP contribution in [-0.4, -0.2) is 19.5 Å². The van der Waals surface area contributed by atoms with Crippen LogP contribution in [0.25, 0.3) is 0 Å². The topological polar surface area (TPSA) is 41.1 Å². The van der Waals surface area contributed by atoms with Gasteiger partial charge >= 0.3 is 0 Å². The highest BCUT2D eigenvalue weighted by molar-refractivity contribution is 5.94. The van der Waals surface area contributed by atoms with Crippen LogP contribution in [0.3, 0.4) is 0 Å². The summed E-state index contributed by atoms with van der Waals surface area (Å²) in [7, 11) is 1.89. The van der Waals surface area contributed by atoms with Crippen molar-refractivity contribution in [2.75, 3.05) is 18.9 Å². The number of benzene rings is 1. The first-order valence-corrected chi connectivity index (χ1v) is 7.17. The van der Waals surface area contributed by atoms with Crippen LogP contribution in [-0.2, 0) is 0 Å². The van der Waals surface area contributed by atoms with Crippen molar-refractivity contribution in [2.24, 2.45) is 5.41 Å². The Balaban J connectivity index is 1.95. The molecule has 1 aliphatic carbocycles. The summed E-state index contributed by atoms with van der Waals surface area (Å²) in [6, 6.07) is 5.79. The van der Waals surface area contributed by atoms with Gasteiger partial charge in [-0.1, -0.05) is 13.3 Å². The molecule has 2 rings (SSSR count). The summed E-state index contributed by atoms with van der Waals surface area (Å²) in [4.78, 5) is 12.1. The Morgan fingerprint density at radius 3 is 2.63 bits per heavy atom. The number of hydrogen-bond donors (Lipinski definition) is 2. The fraction of sp³-hybridized carbons (Fsp3) is 0.562. The summed E-state index contributed by atoms with van der Waals surface area (Å²) < 4.78 is 0. The van der Waals surface area contributed by atoms with Crippen LogP contribution in [0.15, 0.2) is 18.2 Å². The molecule has 1 saturated carbocycles. The van der Waals surface area contributed by atoms with Crippen LogP contribution in [0.5, 0.6) is 0 Å². The summed E-state index contributed by atoms with van der Waals surface area (Å²) in [5.41, 5.74) is 3.33. The predicted octanol–water partition coefficient (Wildman–Crippen LogP) is 3.35. The average molecular weight is 260 g/mol. The van der Waals surface area contributed by atoms with E-state index in [1.165, 1.54) is 25.7 Å². The molecule has 0 atom stereocenters. The van der Waals surface area contributed by atoms with Gasteiger partial charge in [0.25, 0.3) is 5.91 Å². The van der Waals surface area contributed by atoms with E-state index in [4.69, 9.17) is 0 Å². The molecule has 3 nitrogen and oxygen atoms in total. The number of hydrogen-bond acceptors (Lipinski definition) is 2. The number of aryl methyl sites for hydroxylation is 1. The zero-order valence-electron chi connectivity index (χ0n) is 12.2. The van der Waals surface area contributed by atoms with E-state index in [1.54, 1.807) is 0 Å². The Bertz CT molecular complexity index is 464. The second kappa shape index (κ2) is 5.64. The standard InChI is InChI=1S/C16H24N2O/c1-4-7-16(8-9-16)11-18-15(19)13-5-6-14(17-3)12(2)10-13/h5-6,10,17H,4,7-9,11H2,1-3H3,(H,18,19). The van der Waals surface area contributed by atoms with Crippen LogP contribution in [0.4, 0.5) is 5.69 Å². The van der Waals surface area contributed by atoms with E-state index in [-0.39, 0.29) is 5.91 Å². The molecule has 1 fully saturated rings. The number of amides is 1. The Kier molecular flexibility index (Phi) is 4.13. The number of carbonyl (C=O) groups excluding carboxylic acids is 1. The molecule has 0 aromatic heterocycles. The molecule has 0 aliphatic heterocycles. The van der Waals surface area contributed by atoms with Crippen molar-refractivity contribution in [2.45, 2.75) is 39.5 Å². The van der Waals surface area contributed by atoms with Crippen molar-refractivity contribution in [3.8, 4) is 0 Å². The summed E-state index contributed by atoms with van der Waals surface area (Å²) in [6.07, 6.45) is 4.95. The maximum Gasteiger partial charge on any atom is 0.251 e. The van der Waals surface area contributed by atoms with Gasteiger partial charge in [-0.3, -0.25) is 4.79 Å². The molecule has 0 heterocycles. The van der Waals surface area contributed by atoms with Crippen molar-refractivity contribution in [1.82, 2.24) is 5.32 Å². The normalized spacial score (nSPS) is 15.9. The fourth-order valence-corrected chi connectivity index (χ4v) is 2.68. The van der Waals surface area contributed by atoms with Gasteiger partial charge in [0.15, 0.2) is 0 Å². The molecule has 1 aliphatic rings. The van der Waals surface area contributed by atoms with E-state index in [2.05, 4.69) is 17.6 Å². The van der Waals surface area contributed by atoms with Gasteiger partial charge in [-0.05, 0) is 55.4 Å². The lowest BCUT2D eigenvalue weighted by atomic mass is 10.0. The highest BCUT2D eigenvalue weighted by atomic mass is 16.1. The minimum Gasteiger partial charge on any atom is -0.388 e. The average Bonchev–Trinajstić information content (AvgIpc) is 3.16. The summed E-state index contributed by atoms with van der Waals surface area (Å²) in [5, 5.41) is 6.20. The number of nitrogens with one attached hydrogen (secondary N) is 2. The van der Waals surface area contributed by atoms with Crippen molar-refractivity contribution in [3.63, 3.8) is 0 Å². The van der Waals surface area contributed by atoms with Crippen molar-refractivity contribution >= 4 is 11.6 Å². The van der Waals surface area contributed by atoms with Crippen molar-refractivity contribution in [1.29, 1.82) is 0 Å². The van der Waals surface area contributed by atoms with Gasteiger partial charge in [0.2, 0.25) is 0 Å². The smallest absolute Gasteiger partial charge is 0.251 e. The minimum atomic E-state index is 0.0492. The third kappa shape index (κ3) is 3.28. The minimum absolute atomic E-state index is 0.0492. The summed E-state index contributed by atoms with van der Waals surface area (Å²) in [6.45, 7) is 5.05. The van der Waals surface area contributed by atoms with Crippen LogP contribution >= 0.6 is 0 Å². The molecule has 19 heavy (non-hydrogen) atoms. The molecule has 104 valence electrons. The van der Waals surface area contributed by atoms with Gasteiger partial charge in [0, 0.05) is 24.8 Å². The monoisotopic (exact) mass is 260 g/mol. The lowest BCUT2D eigenvalue weighted by Gasteiger charge is -2.15. The molecule has 0 unspecified atom stereocenters. The largest absolute Gasteiger partial charge is 0.388 e. The first-order chi connectivity index (χ1) is 9.10. The zero-order chi connectivity index (χ0) is 13.9. The van der Waals surface area contributed by atoms with E-state index in [0.29, 0.717) is 5.41 Å². The van der Waals surface area contributed by atoms with E-state index < -0.39 is 0 Å². The van der Waals surface area contributed by atoms with Crippen LogP contribution in [0.2, 0.25) is 0 Å². The molecule has 1 aromatic carbocycles. The van der Waals surface area contributed by atoms with Gasteiger partial charge in [-0.15, -0.1) is 0 Å². The molecular weight excluding hydrogens is 236 g/mol. The number of anilines is 1. The van der Waals surface area contributed by atoms with E-state index in [0.717, 1.165) is 23.4 Å². The Hall–Kier alpha value is -1.51. The van der Waals surface area contributed by atoms with Crippen LogP contribution in [0, 0.1) is 12.3 Å². The molecule has 0 spiro atoms. The Morgan fingerprint density at radius 1 is 1.37 bits per heavy atom. The van der Waals surface area contributed by atoms with Gasteiger partial charge in [-0.2, -0.15) is 0 Å². The lowest BCUT2D eigenvalue weighted by Crippen LogP contribution is -2.30. The second-order valence-corrected chi connectivity index (χ2v) is 5.71. The maximum absolute atomic E-state index is 12.1. The van der Waals surface area contributed by atoms with Gasteiger partial charge in [-0.25, -0.2) is 0 Å². The maximum atomic E-state index is 12.1. The summed E-state index contributed by atoms with van der Waals surface area (Å²) >= 11 is 0.